The first-order valence-corrected chi connectivity index (χ1v) is 3.96. The molecule has 66 valence electrons. The molecule has 1 heterocycles. The Labute approximate surface area is 73.1 Å². The Balaban J connectivity index is 0.000000561. The van der Waals surface area contributed by atoms with Gasteiger partial charge in [0.15, 0.2) is 0 Å². The van der Waals surface area contributed by atoms with Crippen molar-refractivity contribution in [3.63, 3.8) is 0 Å². The van der Waals surface area contributed by atoms with E-state index in [4.69, 9.17) is 11.1 Å². The minimum Gasteiger partial charge on any atom is -0.383 e. The molecule has 0 aliphatic carbocycles. The number of pyridine rings is 1. The fourth-order valence-electron chi connectivity index (χ4n) is 0.718. The molecule has 3 heteroatoms. The lowest BCUT2D eigenvalue weighted by atomic mass is 10.2. The van der Waals surface area contributed by atoms with Gasteiger partial charge in [-0.1, -0.05) is 13.8 Å². The monoisotopic (exact) mass is 165 g/mol. The third kappa shape index (κ3) is 2.70. The molecule has 0 aliphatic rings. The van der Waals surface area contributed by atoms with Crippen molar-refractivity contribution in [2.24, 2.45) is 0 Å². The number of nitrogens with one attached hydrogen (secondary N) is 1. The molecule has 1 aromatic heterocycles. The number of hydrogen-bond donors (Lipinski definition) is 2. The average Bonchev–Trinajstić information content (AvgIpc) is 2.13. The van der Waals surface area contributed by atoms with Crippen LogP contribution >= 0.6 is 0 Å². The van der Waals surface area contributed by atoms with Gasteiger partial charge in [0.2, 0.25) is 0 Å². The highest BCUT2D eigenvalue weighted by molar-refractivity contribution is 5.83. The Kier molecular flexibility index (Phi) is 4.69. The lowest BCUT2D eigenvalue weighted by Gasteiger charge is -1.97. The Hall–Kier alpha value is -1.38. The van der Waals surface area contributed by atoms with Crippen molar-refractivity contribution in [1.82, 2.24) is 4.98 Å². The molecule has 0 amide bonds. The van der Waals surface area contributed by atoms with Crippen LogP contribution in [0.5, 0.6) is 0 Å². The molecule has 0 atom stereocenters. The predicted molar refractivity (Wildman–Crippen MR) is 52.6 cm³/mol. The van der Waals surface area contributed by atoms with Crippen LogP contribution in [0.3, 0.4) is 0 Å². The van der Waals surface area contributed by atoms with E-state index in [1.165, 1.54) is 6.21 Å². The van der Waals surface area contributed by atoms with Gasteiger partial charge in [0.25, 0.3) is 0 Å². The third-order valence-corrected chi connectivity index (χ3v) is 1.24. The number of aromatic nitrogens is 1. The average molecular weight is 165 g/mol. The van der Waals surface area contributed by atoms with Gasteiger partial charge in [-0.25, -0.2) is 4.98 Å². The van der Waals surface area contributed by atoms with Crippen molar-refractivity contribution in [3.8, 4) is 0 Å². The van der Waals surface area contributed by atoms with Crippen molar-refractivity contribution in [2.75, 3.05) is 5.73 Å². The van der Waals surface area contributed by atoms with Crippen LogP contribution in [0.2, 0.25) is 0 Å². The highest BCUT2D eigenvalue weighted by atomic mass is 14.8. The standard InChI is InChI=1S/C7H9N3.C2H6/c1-5-2-6(3-8)7(9)10-4-5;1-2/h2-4,8H,1H3,(H2,9,10);1-2H3. The van der Waals surface area contributed by atoms with Crippen LogP contribution in [-0.4, -0.2) is 11.2 Å². The first-order valence-electron chi connectivity index (χ1n) is 3.96. The molecule has 1 rings (SSSR count). The Bertz CT molecular complexity index is 256. The molecule has 0 saturated heterocycles. The molecule has 0 aromatic carbocycles. The van der Waals surface area contributed by atoms with E-state index in [-0.39, 0.29) is 0 Å². The molecule has 0 unspecified atom stereocenters. The summed E-state index contributed by atoms with van der Waals surface area (Å²) in [5, 5.41) is 6.94. The van der Waals surface area contributed by atoms with Gasteiger partial charge in [-0.3, -0.25) is 0 Å². The van der Waals surface area contributed by atoms with Gasteiger partial charge in [0.05, 0.1) is 0 Å². The van der Waals surface area contributed by atoms with E-state index in [0.717, 1.165) is 5.56 Å². The number of rotatable bonds is 1. The summed E-state index contributed by atoms with van der Waals surface area (Å²) in [5.41, 5.74) is 7.14. The summed E-state index contributed by atoms with van der Waals surface area (Å²) < 4.78 is 0. The molecule has 0 bridgehead atoms. The van der Waals surface area contributed by atoms with Crippen LogP contribution in [0.4, 0.5) is 5.82 Å². The predicted octanol–water partition coefficient (Wildman–Crippen LogP) is 2.00. The Morgan fingerprint density at radius 1 is 1.50 bits per heavy atom. The van der Waals surface area contributed by atoms with Gasteiger partial charge in [-0.15, -0.1) is 0 Å². The SMILES string of the molecule is CC.Cc1cnc(N)c(C=N)c1. The minimum absolute atomic E-state index is 0.417. The second-order valence-corrected chi connectivity index (χ2v) is 2.13. The molecule has 0 radical (unpaired) electrons. The summed E-state index contributed by atoms with van der Waals surface area (Å²) in [5.74, 6) is 0.417. The normalized spacial score (nSPS) is 8.25. The van der Waals surface area contributed by atoms with Crippen LogP contribution in [0, 0.1) is 12.3 Å². The number of nitrogen functional groups attached to an aromatic ring is 1. The zero-order valence-electron chi connectivity index (χ0n) is 7.76. The van der Waals surface area contributed by atoms with Crippen molar-refractivity contribution in [3.05, 3.63) is 23.4 Å². The van der Waals surface area contributed by atoms with E-state index in [2.05, 4.69) is 4.98 Å². The van der Waals surface area contributed by atoms with E-state index >= 15 is 0 Å². The first kappa shape index (κ1) is 10.6. The summed E-state index contributed by atoms with van der Waals surface area (Å²) in [6.07, 6.45) is 2.89. The van der Waals surface area contributed by atoms with Gasteiger partial charge in [0, 0.05) is 18.0 Å². The third-order valence-electron chi connectivity index (χ3n) is 1.24. The number of aryl methyl sites for hydroxylation is 1. The molecular weight excluding hydrogens is 150 g/mol. The first-order chi connectivity index (χ1) is 5.74. The van der Waals surface area contributed by atoms with Crippen LogP contribution in [0.15, 0.2) is 12.3 Å². The molecule has 0 saturated carbocycles. The fourth-order valence-corrected chi connectivity index (χ4v) is 0.718. The molecular formula is C9H15N3. The summed E-state index contributed by atoms with van der Waals surface area (Å²) in [6, 6.07) is 1.83. The number of hydrogen-bond acceptors (Lipinski definition) is 3. The highest BCUT2D eigenvalue weighted by Crippen LogP contribution is 2.06. The van der Waals surface area contributed by atoms with E-state index in [0.29, 0.717) is 11.4 Å². The maximum Gasteiger partial charge on any atom is 0.132 e. The smallest absolute Gasteiger partial charge is 0.132 e. The Morgan fingerprint density at radius 2 is 2.08 bits per heavy atom. The van der Waals surface area contributed by atoms with E-state index in [9.17, 15) is 0 Å². The molecule has 12 heavy (non-hydrogen) atoms. The molecule has 0 aliphatic heterocycles. The summed E-state index contributed by atoms with van der Waals surface area (Å²) in [6.45, 7) is 5.92. The van der Waals surface area contributed by atoms with Crippen LogP contribution in [0.1, 0.15) is 25.0 Å². The second kappa shape index (κ2) is 5.29. The van der Waals surface area contributed by atoms with Crippen LogP contribution in [-0.2, 0) is 0 Å². The molecule has 0 fully saturated rings. The van der Waals surface area contributed by atoms with Crippen LogP contribution < -0.4 is 5.73 Å². The van der Waals surface area contributed by atoms with Gasteiger partial charge in [-0.2, -0.15) is 0 Å². The van der Waals surface area contributed by atoms with E-state index in [1.807, 2.05) is 26.8 Å². The fraction of sp³-hybridized carbons (Fsp3) is 0.333. The zero-order chi connectivity index (χ0) is 9.56. The van der Waals surface area contributed by atoms with Crippen molar-refractivity contribution in [1.29, 1.82) is 5.41 Å². The van der Waals surface area contributed by atoms with E-state index in [1.54, 1.807) is 6.20 Å². The summed E-state index contributed by atoms with van der Waals surface area (Å²) in [4.78, 5) is 3.88. The topological polar surface area (TPSA) is 62.8 Å². The van der Waals surface area contributed by atoms with Gasteiger partial charge < -0.3 is 11.1 Å². The maximum atomic E-state index is 6.94. The molecule has 3 N–H and O–H groups in total. The molecule has 0 spiro atoms. The second-order valence-electron chi connectivity index (χ2n) is 2.13. The van der Waals surface area contributed by atoms with Crippen molar-refractivity contribution in [2.45, 2.75) is 20.8 Å². The van der Waals surface area contributed by atoms with Gasteiger partial charge in [-0.05, 0) is 18.6 Å². The number of nitrogens with two attached hydrogens (primary N) is 1. The lowest BCUT2D eigenvalue weighted by molar-refractivity contribution is 1.27. The quantitative estimate of drug-likeness (QED) is 0.625. The summed E-state index contributed by atoms with van der Waals surface area (Å²) in [7, 11) is 0. The minimum atomic E-state index is 0.417. The Morgan fingerprint density at radius 3 is 2.50 bits per heavy atom. The largest absolute Gasteiger partial charge is 0.383 e. The molecule has 1 aromatic rings. The van der Waals surface area contributed by atoms with Gasteiger partial charge in [0.1, 0.15) is 5.82 Å². The van der Waals surface area contributed by atoms with E-state index < -0.39 is 0 Å². The lowest BCUT2D eigenvalue weighted by Crippen LogP contribution is -1.96. The number of anilines is 1. The molecule has 3 nitrogen and oxygen atoms in total. The number of nitrogens with zero attached hydrogens (tertiary/aromatic N) is 1. The summed E-state index contributed by atoms with van der Waals surface area (Å²) >= 11 is 0. The highest BCUT2D eigenvalue weighted by Gasteiger charge is 1.94. The van der Waals surface area contributed by atoms with Gasteiger partial charge >= 0.3 is 0 Å². The maximum absolute atomic E-state index is 6.94. The van der Waals surface area contributed by atoms with Crippen LogP contribution in [0.25, 0.3) is 0 Å². The zero-order valence-corrected chi connectivity index (χ0v) is 7.76. The van der Waals surface area contributed by atoms with Crippen molar-refractivity contribution >= 4 is 12.0 Å². The van der Waals surface area contributed by atoms with Crippen molar-refractivity contribution < 1.29 is 0 Å².